The summed E-state index contributed by atoms with van der Waals surface area (Å²) in [5.74, 6) is 0. The molecule has 0 spiro atoms. The Balaban J connectivity index is 1.49. The normalized spacial score (nSPS) is 25.1. The van der Waals surface area contributed by atoms with E-state index in [4.69, 9.17) is 0 Å². The van der Waals surface area contributed by atoms with Crippen LogP contribution in [0.1, 0.15) is 30.4 Å². The van der Waals surface area contributed by atoms with E-state index in [-0.39, 0.29) is 0 Å². The fourth-order valence-corrected chi connectivity index (χ4v) is 3.43. The largest absolute Gasteiger partial charge is 0.314 e. The number of piperazine rings is 1. The molecule has 1 aromatic rings. The molecule has 2 fully saturated rings. The zero-order valence-electron chi connectivity index (χ0n) is 13.4. The zero-order valence-corrected chi connectivity index (χ0v) is 13.4. The van der Waals surface area contributed by atoms with Gasteiger partial charge < -0.3 is 10.2 Å². The molecule has 1 aromatic carbocycles. The number of hydrogen-bond acceptors (Lipinski definition) is 3. The number of nitrogens with one attached hydrogen (secondary N) is 1. The Morgan fingerprint density at radius 1 is 1.00 bits per heavy atom. The Labute approximate surface area is 129 Å². The smallest absolute Gasteiger partial charge is 0.0234 e. The fourth-order valence-electron chi connectivity index (χ4n) is 3.43. The van der Waals surface area contributed by atoms with Crippen LogP contribution in [-0.2, 0) is 13.0 Å². The highest BCUT2D eigenvalue weighted by atomic mass is 15.2. The number of hydrogen-bond donors (Lipinski definition) is 1. The summed E-state index contributed by atoms with van der Waals surface area (Å²) in [6.07, 6.45) is 5.26. The highest BCUT2D eigenvalue weighted by molar-refractivity contribution is 5.23. The molecule has 2 aliphatic rings. The van der Waals surface area contributed by atoms with Crippen LogP contribution in [0.15, 0.2) is 24.3 Å². The molecule has 3 rings (SSSR count). The molecule has 1 atom stereocenters. The molecule has 0 bridgehead atoms. The first-order valence-electron chi connectivity index (χ1n) is 8.52. The molecule has 21 heavy (non-hydrogen) atoms. The van der Waals surface area contributed by atoms with Gasteiger partial charge in [0.05, 0.1) is 0 Å². The van der Waals surface area contributed by atoms with E-state index in [1.54, 1.807) is 0 Å². The molecule has 0 saturated carbocycles. The zero-order chi connectivity index (χ0) is 14.5. The van der Waals surface area contributed by atoms with Crippen LogP contribution in [0.2, 0.25) is 0 Å². The van der Waals surface area contributed by atoms with Crippen LogP contribution in [0.5, 0.6) is 0 Å². The Kier molecular flexibility index (Phi) is 5.28. The van der Waals surface area contributed by atoms with Crippen LogP contribution >= 0.6 is 0 Å². The van der Waals surface area contributed by atoms with E-state index >= 15 is 0 Å². The molecule has 0 radical (unpaired) electrons. The first kappa shape index (κ1) is 15.0. The highest BCUT2D eigenvalue weighted by Gasteiger charge is 2.15. The maximum Gasteiger partial charge on any atom is 0.0234 e. The average molecular weight is 287 g/mol. The van der Waals surface area contributed by atoms with Crippen molar-refractivity contribution in [2.24, 2.45) is 0 Å². The molecule has 0 amide bonds. The summed E-state index contributed by atoms with van der Waals surface area (Å²) in [7, 11) is 2.21. The molecule has 1 N–H and O–H groups in total. The van der Waals surface area contributed by atoms with Gasteiger partial charge in [0.1, 0.15) is 0 Å². The van der Waals surface area contributed by atoms with Gasteiger partial charge in [0.25, 0.3) is 0 Å². The van der Waals surface area contributed by atoms with E-state index in [1.807, 2.05) is 0 Å². The third kappa shape index (κ3) is 4.53. The van der Waals surface area contributed by atoms with Crippen molar-refractivity contribution >= 4 is 0 Å². The molecule has 2 saturated heterocycles. The third-order valence-corrected chi connectivity index (χ3v) is 4.92. The number of rotatable bonds is 4. The number of nitrogens with zero attached hydrogens (tertiary/aromatic N) is 2. The summed E-state index contributed by atoms with van der Waals surface area (Å²) < 4.78 is 0. The summed E-state index contributed by atoms with van der Waals surface area (Å²) in [5.41, 5.74) is 2.94. The van der Waals surface area contributed by atoms with Gasteiger partial charge in [0, 0.05) is 38.8 Å². The van der Waals surface area contributed by atoms with Crippen LogP contribution in [0.4, 0.5) is 0 Å². The Morgan fingerprint density at radius 3 is 2.38 bits per heavy atom. The SMILES string of the molecule is CN1CCN(Cc2ccc(CC3CCCCN3)cc2)CC1. The molecule has 1 unspecified atom stereocenters. The standard InChI is InChI=1S/C18H29N3/c1-20-10-12-21(13-11-20)15-17-7-5-16(6-8-17)14-18-4-2-3-9-19-18/h5-8,18-19H,2-4,9-15H2,1H3. The van der Waals surface area contributed by atoms with Crippen LogP contribution in [0, 0.1) is 0 Å². The summed E-state index contributed by atoms with van der Waals surface area (Å²) in [5, 5.41) is 3.64. The Bertz CT molecular complexity index is 415. The third-order valence-electron chi connectivity index (χ3n) is 4.92. The lowest BCUT2D eigenvalue weighted by Crippen LogP contribution is -2.43. The van der Waals surface area contributed by atoms with Gasteiger partial charge in [-0.1, -0.05) is 30.7 Å². The summed E-state index contributed by atoms with van der Waals surface area (Å²) in [6, 6.07) is 10.0. The van der Waals surface area contributed by atoms with Crippen molar-refractivity contribution in [2.45, 2.75) is 38.3 Å². The summed E-state index contributed by atoms with van der Waals surface area (Å²) in [6.45, 7) is 7.10. The second kappa shape index (κ2) is 7.39. The minimum atomic E-state index is 0.697. The first-order chi connectivity index (χ1) is 10.3. The molecule has 0 aliphatic carbocycles. The predicted octanol–water partition coefficient (Wildman–Crippen LogP) is 2.12. The Morgan fingerprint density at radius 2 is 1.71 bits per heavy atom. The van der Waals surface area contributed by atoms with Crippen molar-refractivity contribution in [3.05, 3.63) is 35.4 Å². The van der Waals surface area contributed by atoms with E-state index in [0.29, 0.717) is 6.04 Å². The van der Waals surface area contributed by atoms with Gasteiger partial charge in [-0.25, -0.2) is 0 Å². The number of likely N-dealkylation sites (N-methyl/N-ethyl adjacent to an activating group) is 1. The van der Waals surface area contributed by atoms with Gasteiger partial charge in [-0.2, -0.15) is 0 Å². The van der Waals surface area contributed by atoms with Gasteiger partial charge in [-0.3, -0.25) is 4.90 Å². The minimum Gasteiger partial charge on any atom is -0.314 e. The van der Waals surface area contributed by atoms with Gasteiger partial charge in [0.2, 0.25) is 0 Å². The van der Waals surface area contributed by atoms with Crippen LogP contribution in [0.3, 0.4) is 0 Å². The van der Waals surface area contributed by atoms with E-state index in [2.05, 4.69) is 46.4 Å². The van der Waals surface area contributed by atoms with Crippen molar-refractivity contribution < 1.29 is 0 Å². The minimum absolute atomic E-state index is 0.697. The quantitative estimate of drug-likeness (QED) is 0.915. The lowest BCUT2D eigenvalue weighted by atomic mass is 9.97. The molecule has 0 aromatic heterocycles. The highest BCUT2D eigenvalue weighted by Crippen LogP contribution is 2.15. The van der Waals surface area contributed by atoms with Crippen molar-refractivity contribution in [1.29, 1.82) is 0 Å². The van der Waals surface area contributed by atoms with Gasteiger partial charge in [-0.05, 0) is 44.0 Å². The molecule has 3 nitrogen and oxygen atoms in total. The molecule has 116 valence electrons. The second-order valence-electron chi connectivity index (χ2n) is 6.75. The van der Waals surface area contributed by atoms with Crippen LogP contribution in [-0.4, -0.2) is 55.6 Å². The maximum absolute atomic E-state index is 3.64. The van der Waals surface area contributed by atoms with E-state index < -0.39 is 0 Å². The molecule has 3 heteroatoms. The number of piperidine rings is 1. The average Bonchev–Trinajstić information content (AvgIpc) is 2.53. The van der Waals surface area contributed by atoms with Crippen molar-refractivity contribution in [3.8, 4) is 0 Å². The van der Waals surface area contributed by atoms with Gasteiger partial charge in [0.15, 0.2) is 0 Å². The first-order valence-corrected chi connectivity index (χ1v) is 8.52. The van der Waals surface area contributed by atoms with Crippen LogP contribution < -0.4 is 5.32 Å². The monoisotopic (exact) mass is 287 g/mol. The van der Waals surface area contributed by atoms with E-state index in [1.165, 1.54) is 69.5 Å². The summed E-state index contributed by atoms with van der Waals surface area (Å²) >= 11 is 0. The van der Waals surface area contributed by atoms with Gasteiger partial charge >= 0.3 is 0 Å². The van der Waals surface area contributed by atoms with Crippen molar-refractivity contribution in [3.63, 3.8) is 0 Å². The van der Waals surface area contributed by atoms with Gasteiger partial charge in [-0.15, -0.1) is 0 Å². The topological polar surface area (TPSA) is 18.5 Å². The lowest BCUT2D eigenvalue weighted by Gasteiger charge is -2.32. The van der Waals surface area contributed by atoms with E-state index in [0.717, 1.165) is 6.54 Å². The van der Waals surface area contributed by atoms with E-state index in [9.17, 15) is 0 Å². The number of benzene rings is 1. The van der Waals surface area contributed by atoms with Crippen molar-refractivity contribution in [2.75, 3.05) is 39.8 Å². The molecular weight excluding hydrogens is 258 g/mol. The van der Waals surface area contributed by atoms with Crippen molar-refractivity contribution in [1.82, 2.24) is 15.1 Å². The summed E-state index contributed by atoms with van der Waals surface area (Å²) in [4.78, 5) is 4.98. The fraction of sp³-hybridized carbons (Fsp3) is 0.667. The second-order valence-corrected chi connectivity index (χ2v) is 6.75. The lowest BCUT2D eigenvalue weighted by molar-refractivity contribution is 0.148. The Hall–Kier alpha value is -0.900. The molecular formula is C18H29N3. The molecule has 2 aliphatic heterocycles. The molecule has 2 heterocycles. The predicted molar refractivity (Wildman–Crippen MR) is 88.6 cm³/mol. The maximum atomic E-state index is 3.64. The van der Waals surface area contributed by atoms with Crippen LogP contribution in [0.25, 0.3) is 0 Å².